The predicted octanol–water partition coefficient (Wildman–Crippen LogP) is 3.15. The molecule has 1 unspecified atom stereocenters. The van der Waals surface area contributed by atoms with Crippen molar-refractivity contribution >= 4 is 44.0 Å². The molecule has 1 aromatic rings. The molecule has 0 N–H and O–H groups in total. The van der Waals surface area contributed by atoms with Gasteiger partial charge in [0.15, 0.2) is 11.0 Å². The second-order valence-corrected chi connectivity index (χ2v) is 8.12. The number of rotatable bonds is 6. The molecule has 0 saturated carbocycles. The summed E-state index contributed by atoms with van der Waals surface area (Å²) in [7, 11) is -0.548. The molecule has 0 radical (unpaired) electrons. The maximum atomic E-state index is 12.2. The van der Waals surface area contributed by atoms with E-state index in [1.807, 2.05) is 24.4 Å². The van der Waals surface area contributed by atoms with E-state index in [1.165, 1.54) is 23.1 Å². The molecule has 0 fully saturated rings. The first-order chi connectivity index (χ1) is 9.71. The molecular weight excluding hydrogens is 345 g/mol. The van der Waals surface area contributed by atoms with Crippen LogP contribution in [0.5, 0.6) is 0 Å². The van der Waals surface area contributed by atoms with Gasteiger partial charge in [0.1, 0.15) is 0 Å². The smallest absolute Gasteiger partial charge is 0.354 e. The number of aromatic nitrogens is 1. The molecule has 1 atom stereocenters. The average Bonchev–Trinajstić information content (AvgIpc) is 2.79. The Labute approximate surface area is 129 Å². The fourth-order valence-electron chi connectivity index (χ4n) is 1.39. The molecule has 21 heavy (non-hydrogen) atoms. The van der Waals surface area contributed by atoms with Crippen molar-refractivity contribution in [3.05, 3.63) is 11.1 Å². The normalized spacial score (nSPS) is 21.5. The van der Waals surface area contributed by atoms with Crippen molar-refractivity contribution < 1.29 is 17.4 Å². The molecule has 5 nitrogen and oxygen atoms in total. The zero-order valence-corrected chi connectivity index (χ0v) is 13.7. The standard InChI is InChI=1S/C10H13F3N4OS3/c1-17(2)9-14-7(6-20-9)5-19-4-3-8-15-21(18,16-8)10(11,12)13/h6H,3-5H2,1-2H3. The number of hydrogen-bond donors (Lipinski definition) is 0. The van der Waals surface area contributed by atoms with Crippen molar-refractivity contribution in [1.82, 2.24) is 4.98 Å². The first-order valence-corrected chi connectivity index (χ1v) is 9.33. The van der Waals surface area contributed by atoms with Gasteiger partial charge in [-0.1, -0.05) is 0 Å². The van der Waals surface area contributed by atoms with Gasteiger partial charge in [0, 0.05) is 37.4 Å². The third kappa shape index (κ3) is 3.89. The van der Waals surface area contributed by atoms with Crippen LogP contribution >= 0.6 is 23.1 Å². The highest BCUT2D eigenvalue weighted by Crippen LogP contribution is 2.32. The zero-order valence-electron chi connectivity index (χ0n) is 11.3. The number of amidine groups is 1. The van der Waals surface area contributed by atoms with E-state index in [-0.39, 0.29) is 12.3 Å². The van der Waals surface area contributed by atoms with Crippen molar-refractivity contribution in [2.45, 2.75) is 17.7 Å². The molecule has 118 valence electrons. The average molecular weight is 358 g/mol. The van der Waals surface area contributed by atoms with E-state index < -0.39 is 15.4 Å². The van der Waals surface area contributed by atoms with Crippen molar-refractivity contribution in [3.63, 3.8) is 0 Å². The van der Waals surface area contributed by atoms with E-state index in [1.54, 1.807) is 0 Å². The summed E-state index contributed by atoms with van der Waals surface area (Å²) in [6.45, 7) is 0. The van der Waals surface area contributed by atoms with Gasteiger partial charge in [-0.25, -0.2) is 9.19 Å². The molecule has 1 aliphatic heterocycles. The largest absolute Gasteiger partial charge is 0.500 e. The Morgan fingerprint density at radius 3 is 2.62 bits per heavy atom. The van der Waals surface area contributed by atoms with E-state index in [2.05, 4.69) is 13.7 Å². The lowest BCUT2D eigenvalue weighted by molar-refractivity contribution is -0.0404. The molecule has 0 bridgehead atoms. The maximum Gasteiger partial charge on any atom is 0.500 e. The van der Waals surface area contributed by atoms with Gasteiger partial charge in [-0.3, -0.25) is 0 Å². The van der Waals surface area contributed by atoms with Gasteiger partial charge in [-0.2, -0.15) is 33.7 Å². The van der Waals surface area contributed by atoms with E-state index >= 15 is 0 Å². The topological polar surface area (TPSA) is 57.9 Å². The summed E-state index contributed by atoms with van der Waals surface area (Å²) in [5.41, 5.74) is -3.94. The Kier molecular flexibility index (Phi) is 4.83. The molecule has 2 rings (SSSR count). The van der Waals surface area contributed by atoms with Gasteiger partial charge in [0.05, 0.1) is 5.69 Å². The van der Waals surface area contributed by atoms with Crippen LogP contribution in [-0.4, -0.2) is 40.4 Å². The highest BCUT2D eigenvalue weighted by Gasteiger charge is 2.47. The fourth-order valence-corrected chi connectivity index (χ4v) is 4.05. The second-order valence-electron chi connectivity index (χ2n) is 4.36. The van der Waals surface area contributed by atoms with E-state index in [4.69, 9.17) is 0 Å². The Bertz CT molecular complexity index is 659. The third-order valence-corrected chi connectivity index (χ3v) is 5.97. The molecule has 0 amide bonds. The highest BCUT2D eigenvalue weighted by atomic mass is 32.2. The molecular formula is C10H13F3N4OS3. The van der Waals surface area contributed by atoms with Gasteiger partial charge in [-0.15, -0.1) is 11.3 Å². The summed E-state index contributed by atoms with van der Waals surface area (Å²) >= 11 is 3.06. The Hall–Kier alpha value is -0.810. The van der Waals surface area contributed by atoms with Crippen LogP contribution in [0.4, 0.5) is 18.3 Å². The first-order valence-electron chi connectivity index (χ1n) is 5.83. The lowest BCUT2D eigenvalue weighted by Crippen LogP contribution is -2.28. The lowest BCUT2D eigenvalue weighted by Gasteiger charge is -2.16. The number of nitrogens with zero attached hydrogens (tertiary/aromatic N) is 4. The summed E-state index contributed by atoms with van der Waals surface area (Å²) < 4.78 is 54.1. The summed E-state index contributed by atoms with van der Waals surface area (Å²) in [4.78, 5) is 6.30. The predicted molar refractivity (Wildman–Crippen MR) is 81.3 cm³/mol. The minimum absolute atomic E-state index is 0.0251. The second kappa shape index (κ2) is 6.13. The Balaban J connectivity index is 1.72. The van der Waals surface area contributed by atoms with Crippen molar-refractivity contribution in [3.8, 4) is 0 Å². The summed E-state index contributed by atoms with van der Waals surface area (Å²) in [5, 5.41) is 2.86. The molecule has 0 aromatic carbocycles. The molecule has 0 aliphatic carbocycles. The van der Waals surface area contributed by atoms with Crippen molar-refractivity contribution in [1.29, 1.82) is 0 Å². The number of alkyl halides is 3. The van der Waals surface area contributed by atoms with Gasteiger partial charge in [-0.05, 0) is 0 Å². The van der Waals surface area contributed by atoms with E-state index in [9.17, 15) is 17.4 Å². The van der Waals surface area contributed by atoms with Crippen LogP contribution in [0.1, 0.15) is 12.1 Å². The third-order valence-electron chi connectivity index (χ3n) is 2.40. The molecule has 0 saturated heterocycles. The lowest BCUT2D eigenvalue weighted by atomic mass is 10.5. The van der Waals surface area contributed by atoms with Crippen LogP contribution in [0.2, 0.25) is 0 Å². The summed E-state index contributed by atoms with van der Waals surface area (Å²) in [5.74, 6) is 1.26. The molecule has 1 aromatic heterocycles. The van der Waals surface area contributed by atoms with Crippen LogP contribution in [0.15, 0.2) is 14.1 Å². The van der Waals surface area contributed by atoms with Crippen LogP contribution in [0.25, 0.3) is 0 Å². The van der Waals surface area contributed by atoms with Gasteiger partial charge >= 0.3 is 5.51 Å². The Morgan fingerprint density at radius 1 is 1.43 bits per heavy atom. The van der Waals surface area contributed by atoms with Crippen molar-refractivity contribution in [2.24, 2.45) is 8.76 Å². The van der Waals surface area contributed by atoms with Gasteiger partial charge in [0.25, 0.3) is 9.92 Å². The van der Waals surface area contributed by atoms with Crippen LogP contribution in [0.3, 0.4) is 0 Å². The number of anilines is 1. The van der Waals surface area contributed by atoms with E-state index in [0.717, 1.165) is 10.8 Å². The molecule has 2 heterocycles. The summed E-state index contributed by atoms with van der Waals surface area (Å²) in [6, 6.07) is 0. The van der Waals surface area contributed by atoms with Crippen LogP contribution < -0.4 is 4.90 Å². The fraction of sp³-hybridized carbons (Fsp3) is 0.600. The van der Waals surface area contributed by atoms with Crippen LogP contribution in [0, 0.1) is 0 Å². The van der Waals surface area contributed by atoms with Gasteiger partial charge in [0.2, 0.25) is 0 Å². The van der Waals surface area contributed by atoms with Gasteiger partial charge < -0.3 is 4.90 Å². The Morgan fingerprint density at radius 2 is 2.10 bits per heavy atom. The maximum absolute atomic E-state index is 12.2. The number of halogens is 3. The van der Waals surface area contributed by atoms with Crippen molar-refractivity contribution in [2.75, 3.05) is 24.7 Å². The van der Waals surface area contributed by atoms with Crippen LogP contribution in [-0.2, 0) is 15.7 Å². The molecule has 11 heteroatoms. The monoisotopic (exact) mass is 358 g/mol. The minimum atomic E-state index is -4.87. The quantitative estimate of drug-likeness (QED) is 0.733. The number of hydrogen-bond acceptors (Lipinski definition) is 6. The number of thioether (sulfide) groups is 1. The SMILES string of the molecule is CN(C)c1nc(CSCCC2=NS(=O)(C(F)(F)F)=N2)cs1. The summed E-state index contributed by atoms with van der Waals surface area (Å²) in [6.07, 6.45) is 0.280. The molecule has 0 spiro atoms. The first kappa shape index (κ1) is 16.6. The zero-order chi connectivity index (χ0) is 15.7. The number of thiazole rings is 1. The van der Waals surface area contributed by atoms with E-state index in [0.29, 0.717) is 11.5 Å². The highest BCUT2D eigenvalue weighted by molar-refractivity contribution is 7.98. The molecule has 1 aliphatic rings. The minimum Gasteiger partial charge on any atom is -0.354 e.